The van der Waals surface area contributed by atoms with E-state index in [2.05, 4.69) is 0 Å². The Hall–Kier alpha value is -1.45. The Labute approximate surface area is 172 Å². The van der Waals surface area contributed by atoms with Crippen LogP contribution < -0.4 is 0 Å². The van der Waals surface area contributed by atoms with Crippen molar-refractivity contribution < 1.29 is 4.79 Å². The fourth-order valence-corrected chi connectivity index (χ4v) is 4.37. The van der Waals surface area contributed by atoms with Crippen LogP contribution >= 0.6 is 46.6 Å². The van der Waals surface area contributed by atoms with Gasteiger partial charge in [0.2, 0.25) is 0 Å². The summed E-state index contributed by atoms with van der Waals surface area (Å²) in [5.41, 5.74) is 1.71. The molecule has 3 aromatic rings. The first kappa shape index (κ1) is 19.3. The minimum absolute atomic E-state index is 0.0566. The van der Waals surface area contributed by atoms with Crippen LogP contribution in [0.5, 0.6) is 0 Å². The van der Waals surface area contributed by atoms with Crippen LogP contribution in [0.25, 0.3) is 0 Å². The number of benzene rings is 3. The minimum atomic E-state index is -0.0738. The lowest BCUT2D eigenvalue weighted by atomic mass is 10.0. The fraction of sp³-hybridized carbons (Fsp3) is 0.0952. The van der Waals surface area contributed by atoms with E-state index in [1.54, 1.807) is 42.1 Å². The first-order valence-corrected chi connectivity index (χ1v) is 10.0. The van der Waals surface area contributed by atoms with E-state index in [1.165, 1.54) is 0 Å². The molecule has 0 saturated carbocycles. The highest BCUT2D eigenvalue weighted by Crippen LogP contribution is 2.43. The molecule has 0 radical (unpaired) electrons. The molecule has 0 unspecified atom stereocenters. The second kappa shape index (κ2) is 8.96. The molecule has 3 aromatic carbocycles. The van der Waals surface area contributed by atoms with E-state index in [-0.39, 0.29) is 11.0 Å². The van der Waals surface area contributed by atoms with Gasteiger partial charge in [-0.25, -0.2) is 0 Å². The smallest absolute Gasteiger partial charge is 0.164 e. The van der Waals surface area contributed by atoms with Crippen LogP contribution in [0.1, 0.15) is 27.6 Å². The van der Waals surface area contributed by atoms with Crippen LogP contribution in [0.15, 0.2) is 77.7 Å². The average Bonchev–Trinajstić information content (AvgIpc) is 2.66. The molecule has 0 aliphatic rings. The third-order valence-electron chi connectivity index (χ3n) is 3.89. The third kappa shape index (κ3) is 4.83. The number of Topliss-reactive ketones (excluding diaryl/α,β-unsaturated/α-hetero) is 1. The van der Waals surface area contributed by atoms with Gasteiger partial charge >= 0.3 is 0 Å². The lowest BCUT2D eigenvalue weighted by molar-refractivity contribution is 0.0982. The Morgan fingerprint density at radius 2 is 1.54 bits per heavy atom. The van der Waals surface area contributed by atoms with Crippen molar-refractivity contribution in [2.24, 2.45) is 0 Å². The molecule has 0 heterocycles. The normalized spacial score (nSPS) is 12.0. The topological polar surface area (TPSA) is 17.1 Å². The van der Waals surface area contributed by atoms with E-state index in [9.17, 15) is 4.79 Å². The van der Waals surface area contributed by atoms with Crippen molar-refractivity contribution in [2.75, 3.05) is 0 Å². The van der Waals surface area contributed by atoms with E-state index in [1.807, 2.05) is 42.5 Å². The second-order valence-electron chi connectivity index (χ2n) is 5.70. The summed E-state index contributed by atoms with van der Waals surface area (Å²) < 4.78 is 0. The van der Waals surface area contributed by atoms with E-state index in [0.717, 1.165) is 10.5 Å². The Kier molecular flexibility index (Phi) is 6.66. The van der Waals surface area contributed by atoms with Crippen molar-refractivity contribution in [2.45, 2.75) is 16.6 Å². The molecule has 3 rings (SSSR count). The Morgan fingerprint density at radius 3 is 2.23 bits per heavy atom. The van der Waals surface area contributed by atoms with Crippen molar-refractivity contribution >= 4 is 52.3 Å². The highest BCUT2D eigenvalue weighted by molar-refractivity contribution is 7.99. The number of hydrogen-bond acceptors (Lipinski definition) is 2. The van der Waals surface area contributed by atoms with Crippen LogP contribution in [0.3, 0.4) is 0 Å². The van der Waals surface area contributed by atoms with Gasteiger partial charge in [0.05, 0.1) is 10.0 Å². The van der Waals surface area contributed by atoms with Crippen LogP contribution in [0.2, 0.25) is 15.1 Å². The maximum absolute atomic E-state index is 12.8. The Balaban J connectivity index is 1.87. The molecule has 0 bridgehead atoms. The zero-order chi connectivity index (χ0) is 18.5. The van der Waals surface area contributed by atoms with E-state index >= 15 is 0 Å². The summed E-state index contributed by atoms with van der Waals surface area (Å²) >= 11 is 19.9. The second-order valence-corrected chi connectivity index (χ2v) is 8.17. The molecule has 26 heavy (non-hydrogen) atoms. The predicted molar refractivity (Wildman–Crippen MR) is 112 cm³/mol. The fourth-order valence-electron chi connectivity index (χ4n) is 2.55. The van der Waals surface area contributed by atoms with E-state index in [4.69, 9.17) is 34.8 Å². The molecule has 0 aromatic heterocycles. The number of rotatable bonds is 6. The minimum Gasteiger partial charge on any atom is -0.294 e. The van der Waals surface area contributed by atoms with Gasteiger partial charge in [-0.05, 0) is 42.0 Å². The molecule has 0 fully saturated rings. The summed E-state index contributed by atoms with van der Waals surface area (Å²) in [5, 5.41) is 1.56. The molecule has 0 spiro atoms. The summed E-state index contributed by atoms with van der Waals surface area (Å²) in [7, 11) is 0. The Bertz CT molecular complexity index is 895. The summed E-state index contributed by atoms with van der Waals surface area (Å²) in [4.78, 5) is 13.6. The van der Waals surface area contributed by atoms with Gasteiger partial charge in [0.25, 0.3) is 0 Å². The number of hydrogen-bond donors (Lipinski definition) is 0. The molecule has 5 heteroatoms. The quantitative estimate of drug-likeness (QED) is 0.299. The van der Waals surface area contributed by atoms with Gasteiger partial charge < -0.3 is 0 Å². The summed E-state index contributed by atoms with van der Waals surface area (Å²) in [6, 6.07) is 22.4. The number of ketones is 1. The SMILES string of the molecule is O=C(C[C@H](Sc1cccc(Cl)c1Cl)c1ccccc1)c1ccc(Cl)cc1. The van der Waals surface area contributed by atoms with E-state index in [0.29, 0.717) is 27.1 Å². The van der Waals surface area contributed by atoms with Crippen LogP contribution in [-0.2, 0) is 0 Å². The molecule has 132 valence electrons. The molecule has 1 nitrogen and oxygen atoms in total. The molecule has 0 amide bonds. The molecule has 1 atom stereocenters. The average molecular weight is 422 g/mol. The number of carbonyl (C=O) groups excluding carboxylic acids is 1. The largest absolute Gasteiger partial charge is 0.294 e. The lowest BCUT2D eigenvalue weighted by Crippen LogP contribution is -2.05. The molecule has 0 N–H and O–H groups in total. The van der Waals surface area contributed by atoms with Crippen LogP contribution in [-0.4, -0.2) is 5.78 Å². The van der Waals surface area contributed by atoms with Crippen molar-refractivity contribution in [1.82, 2.24) is 0 Å². The molecule has 0 saturated heterocycles. The highest BCUT2D eigenvalue weighted by atomic mass is 35.5. The summed E-state index contributed by atoms with van der Waals surface area (Å²) in [6.45, 7) is 0. The van der Waals surface area contributed by atoms with E-state index < -0.39 is 0 Å². The highest BCUT2D eigenvalue weighted by Gasteiger charge is 2.20. The first-order valence-electron chi connectivity index (χ1n) is 7.99. The summed E-state index contributed by atoms with van der Waals surface area (Å²) in [5.74, 6) is 0.0566. The predicted octanol–water partition coefficient (Wildman–Crippen LogP) is 7.75. The zero-order valence-electron chi connectivity index (χ0n) is 13.7. The van der Waals surface area contributed by atoms with Gasteiger partial charge in [0.15, 0.2) is 5.78 Å². The van der Waals surface area contributed by atoms with Crippen molar-refractivity contribution in [3.05, 3.63) is 99.0 Å². The number of thioether (sulfide) groups is 1. The maximum Gasteiger partial charge on any atom is 0.164 e. The molecule has 0 aliphatic carbocycles. The number of halogens is 3. The molecular formula is C21H15Cl3OS. The summed E-state index contributed by atoms with van der Waals surface area (Å²) in [6.07, 6.45) is 0.346. The van der Waals surface area contributed by atoms with Crippen molar-refractivity contribution in [3.63, 3.8) is 0 Å². The number of carbonyl (C=O) groups is 1. The maximum atomic E-state index is 12.8. The molecular weight excluding hydrogens is 407 g/mol. The van der Waals surface area contributed by atoms with Gasteiger partial charge in [-0.3, -0.25) is 4.79 Å². The van der Waals surface area contributed by atoms with Crippen LogP contribution in [0, 0.1) is 0 Å². The standard InChI is InChI=1S/C21H15Cl3OS/c22-16-11-9-14(10-12-16)18(25)13-20(15-5-2-1-3-6-15)26-19-8-4-7-17(23)21(19)24/h1-12,20H,13H2/t20-/m0/s1. The van der Waals surface area contributed by atoms with Crippen molar-refractivity contribution in [3.8, 4) is 0 Å². The lowest BCUT2D eigenvalue weighted by Gasteiger charge is -2.18. The van der Waals surface area contributed by atoms with Gasteiger partial charge in [0.1, 0.15) is 0 Å². The first-order chi connectivity index (χ1) is 12.5. The van der Waals surface area contributed by atoms with Crippen LogP contribution in [0.4, 0.5) is 0 Å². The van der Waals surface area contributed by atoms with Crippen molar-refractivity contribution in [1.29, 1.82) is 0 Å². The van der Waals surface area contributed by atoms with Gasteiger partial charge in [-0.1, -0.05) is 71.2 Å². The monoisotopic (exact) mass is 420 g/mol. The molecule has 0 aliphatic heterocycles. The Morgan fingerprint density at radius 1 is 0.846 bits per heavy atom. The van der Waals surface area contributed by atoms with Gasteiger partial charge in [-0.15, -0.1) is 11.8 Å². The zero-order valence-corrected chi connectivity index (χ0v) is 16.7. The van der Waals surface area contributed by atoms with Gasteiger partial charge in [-0.2, -0.15) is 0 Å². The third-order valence-corrected chi connectivity index (χ3v) is 6.39. The van der Waals surface area contributed by atoms with Gasteiger partial charge in [0, 0.05) is 27.2 Å².